The van der Waals surface area contributed by atoms with Gasteiger partial charge in [-0.3, -0.25) is 0 Å². The molecule has 2 aromatic carbocycles. The summed E-state index contributed by atoms with van der Waals surface area (Å²) in [6.45, 7) is 0. The van der Waals surface area contributed by atoms with Crippen molar-refractivity contribution < 1.29 is 0 Å². The Bertz CT molecular complexity index is 694. The first-order valence-corrected chi connectivity index (χ1v) is 7.46. The molecule has 0 nitrogen and oxygen atoms in total. The molecule has 0 radical (unpaired) electrons. The maximum atomic E-state index is 3.40. The van der Waals surface area contributed by atoms with Gasteiger partial charge >= 0.3 is 0 Å². The summed E-state index contributed by atoms with van der Waals surface area (Å²) >= 11 is 5.26. The van der Waals surface area contributed by atoms with Crippen molar-refractivity contribution in [3.05, 3.63) is 54.1 Å². The van der Waals surface area contributed by atoms with E-state index in [0.29, 0.717) is 0 Å². The van der Waals surface area contributed by atoms with E-state index < -0.39 is 0 Å². The second-order valence-corrected chi connectivity index (χ2v) is 5.64. The predicted molar refractivity (Wildman–Crippen MR) is 82.2 cm³/mol. The molecule has 0 aliphatic carbocycles. The molecule has 1 heterocycles. The molecule has 0 unspecified atom stereocenters. The number of rotatable bonds is 2. The summed E-state index contributed by atoms with van der Waals surface area (Å²) in [5.74, 6) is 0. The molecule has 0 aliphatic rings. The molecule has 0 saturated carbocycles. The van der Waals surface area contributed by atoms with Gasteiger partial charge in [-0.05, 0) is 23.8 Å². The molecule has 17 heavy (non-hydrogen) atoms. The smallest absolute Gasteiger partial charge is 0.0355 e. The fraction of sp³-hybridized carbons (Fsp3) is 0.0667. The minimum absolute atomic E-state index is 0.898. The summed E-state index contributed by atoms with van der Waals surface area (Å²) < 4.78 is 2.73. The largest absolute Gasteiger partial charge is 0.135 e. The molecule has 2 heteroatoms. The minimum Gasteiger partial charge on any atom is -0.135 e. The third-order valence-corrected chi connectivity index (χ3v) is 4.33. The van der Waals surface area contributed by atoms with E-state index in [-0.39, 0.29) is 0 Å². The third kappa shape index (κ3) is 2.03. The maximum absolute atomic E-state index is 3.40. The Kier molecular flexibility index (Phi) is 3.00. The van der Waals surface area contributed by atoms with Crippen LogP contribution < -0.4 is 0 Å². The number of benzene rings is 2. The molecule has 1 aromatic heterocycles. The van der Waals surface area contributed by atoms with Gasteiger partial charge in [0.25, 0.3) is 0 Å². The van der Waals surface area contributed by atoms with Crippen molar-refractivity contribution in [1.82, 2.24) is 0 Å². The quantitative estimate of drug-likeness (QED) is 0.551. The van der Waals surface area contributed by atoms with Crippen molar-refractivity contribution in [2.24, 2.45) is 0 Å². The van der Waals surface area contributed by atoms with Gasteiger partial charge in [0.1, 0.15) is 0 Å². The topological polar surface area (TPSA) is 0 Å². The molecule has 0 atom stereocenters. The van der Waals surface area contributed by atoms with Gasteiger partial charge < -0.3 is 0 Å². The molecule has 0 saturated heterocycles. The average Bonchev–Trinajstić information content (AvgIpc) is 2.74. The second-order valence-electron chi connectivity index (χ2n) is 3.91. The summed E-state index contributed by atoms with van der Waals surface area (Å²) in [5, 5.41) is 3.62. The fourth-order valence-electron chi connectivity index (χ4n) is 2.03. The van der Waals surface area contributed by atoms with Crippen molar-refractivity contribution in [3.63, 3.8) is 0 Å². The van der Waals surface area contributed by atoms with Gasteiger partial charge in [0, 0.05) is 25.5 Å². The van der Waals surface area contributed by atoms with Crippen LogP contribution in [-0.4, -0.2) is 5.33 Å². The monoisotopic (exact) mass is 302 g/mol. The lowest BCUT2D eigenvalue weighted by Gasteiger charge is -1.95. The third-order valence-electron chi connectivity index (χ3n) is 2.80. The lowest BCUT2D eigenvalue weighted by molar-refractivity contribution is 1.74. The molecule has 0 bridgehead atoms. The summed E-state index contributed by atoms with van der Waals surface area (Å²) in [4.78, 5) is 0. The van der Waals surface area contributed by atoms with Crippen molar-refractivity contribution in [2.45, 2.75) is 0 Å². The predicted octanol–water partition coefficient (Wildman–Crippen LogP) is 5.46. The number of hydrogen-bond acceptors (Lipinski definition) is 1. The first-order chi connectivity index (χ1) is 8.38. The van der Waals surface area contributed by atoms with E-state index in [2.05, 4.69) is 70.5 Å². The Labute approximate surface area is 113 Å². The van der Waals surface area contributed by atoms with E-state index in [1.165, 1.54) is 25.7 Å². The fourth-order valence-corrected chi connectivity index (χ4v) is 3.30. The maximum Gasteiger partial charge on any atom is 0.0355 e. The van der Waals surface area contributed by atoms with Crippen LogP contribution in [0.4, 0.5) is 0 Å². The van der Waals surface area contributed by atoms with Crippen LogP contribution in [0.25, 0.3) is 26.2 Å². The van der Waals surface area contributed by atoms with Crippen molar-refractivity contribution in [1.29, 1.82) is 0 Å². The Morgan fingerprint density at radius 2 is 1.82 bits per heavy atom. The van der Waals surface area contributed by atoms with Gasteiger partial charge in [-0.1, -0.05) is 52.3 Å². The van der Waals surface area contributed by atoms with E-state index in [0.717, 1.165) is 5.33 Å². The SMILES string of the molecule is BrCC=Cc1ccc2sc3ccccc3c2c1. The molecular weight excluding hydrogens is 292 g/mol. The van der Waals surface area contributed by atoms with Crippen LogP contribution >= 0.6 is 27.3 Å². The van der Waals surface area contributed by atoms with Crippen LogP contribution in [0.3, 0.4) is 0 Å². The summed E-state index contributed by atoms with van der Waals surface area (Å²) in [6.07, 6.45) is 4.27. The summed E-state index contributed by atoms with van der Waals surface area (Å²) in [5.41, 5.74) is 1.26. The first-order valence-electron chi connectivity index (χ1n) is 5.52. The molecule has 3 aromatic rings. The van der Waals surface area contributed by atoms with Crippen molar-refractivity contribution in [3.8, 4) is 0 Å². The van der Waals surface area contributed by atoms with Crippen LogP contribution in [0.2, 0.25) is 0 Å². The molecule has 0 spiro atoms. The average molecular weight is 303 g/mol. The number of halogens is 1. The van der Waals surface area contributed by atoms with Gasteiger partial charge in [-0.2, -0.15) is 0 Å². The van der Waals surface area contributed by atoms with Gasteiger partial charge in [0.15, 0.2) is 0 Å². The molecule has 84 valence electrons. The summed E-state index contributed by atoms with van der Waals surface area (Å²) in [7, 11) is 0. The number of hydrogen-bond donors (Lipinski definition) is 0. The number of fused-ring (bicyclic) bond motifs is 3. The number of allylic oxidation sites excluding steroid dienone is 1. The van der Waals surface area contributed by atoms with Crippen LogP contribution in [0.1, 0.15) is 5.56 Å². The molecule has 0 N–H and O–H groups in total. The van der Waals surface area contributed by atoms with Gasteiger partial charge in [-0.25, -0.2) is 0 Å². The molecule has 0 fully saturated rings. The van der Waals surface area contributed by atoms with Gasteiger partial charge in [0.2, 0.25) is 0 Å². The Morgan fingerprint density at radius 3 is 2.71 bits per heavy atom. The Balaban J connectivity index is 2.26. The number of thiophene rings is 1. The first kappa shape index (κ1) is 11.0. The lowest BCUT2D eigenvalue weighted by Crippen LogP contribution is -1.72. The van der Waals surface area contributed by atoms with E-state index in [9.17, 15) is 0 Å². The highest BCUT2D eigenvalue weighted by Crippen LogP contribution is 2.34. The highest BCUT2D eigenvalue weighted by Gasteiger charge is 2.03. The van der Waals surface area contributed by atoms with Crippen LogP contribution in [0, 0.1) is 0 Å². The van der Waals surface area contributed by atoms with Gasteiger partial charge in [-0.15, -0.1) is 11.3 Å². The Hall–Kier alpha value is -1.12. The lowest BCUT2D eigenvalue weighted by atomic mass is 10.1. The zero-order valence-electron chi connectivity index (χ0n) is 9.19. The van der Waals surface area contributed by atoms with Crippen LogP contribution in [0.15, 0.2) is 48.5 Å². The van der Waals surface area contributed by atoms with E-state index in [1.807, 2.05) is 11.3 Å². The minimum atomic E-state index is 0.898. The molecule has 0 amide bonds. The highest BCUT2D eigenvalue weighted by molar-refractivity contribution is 9.09. The molecule has 3 rings (SSSR count). The second kappa shape index (κ2) is 4.63. The van der Waals surface area contributed by atoms with E-state index in [1.54, 1.807) is 0 Å². The zero-order chi connectivity index (χ0) is 11.7. The summed E-state index contributed by atoms with van der Waals surface area (Å²) in [6, 6.07) is 15.3. The Morgan fingerprint density at radius 1 is 1.00 bits per heavy atom. The van der Waals surface area contributed by atoms with Crippen LogP contribution in [0.5, 0.6) is 0 Å². The normalized spacial score (nSPS) is 11.8. The molecular formula is C15H11BrS. The van der Waals surface area contributed by atoms with Crippen LogP contribution in [-0.2, 0) is 0 Å². The zero-order valence-corrected chi connectivity index (χ0v) is 11.6. The van der Waals surface area contributed by atoms with Crippen molar-refractivity contribution in [2.75, 3.05) is 5.33 Å². The van der Waals surface area contributed by atoms with Crippen molar-refractivity contribution >= 4 is 53.5 Å². The van der Waals surface area contributed by atoms with Gasteiger partial charge in [0.05, 0.1) is 0 Å². The standard InChI is InChI=1S/C15H11BrS/c16-9-3-4-11-7-8-15-13(10-11)12-5-1-2-6-14(12)17-15/h1-8,10H,9H2. The van der Waals surface area contributed by atoms with E-state index in [4.69, 9.17) is 0 Å². The highest BCUT2D eigenvalue weighted by atomic mass is 79.9. The number of alkyl halides is 1. The molecule has 0 aliphatic heterocycles. The van der Waals surface area contributed by atoms with E-state index >= 15 is 0 Å².